The Bertz CT molecular complexity index is 2860. The monoisotopic (exact) mass is 989 g/mol. The lowest BCUT2D eigenvalue weighted by atomic mass is 9.91. The molecule has 0 fully saturated rings. The third-order valence-electron chi connectivity index (χ3n) is 12.3. The minimum atomic E-state index is -0.311. The van der Waals surface area contributed by atoms with Crippen molar-refractivity contribution in [2.75, 3.05) is 70.3 Å². The number of nitrogens with zero attached hydrogens (tertiary/aromatic N) is 3. The molecule has 0 amide bonds. The highest BCUT2D eigenvalue weighted by atomic mass is 16.7. The molecule has 0 saturated carbocycles. The number of carbonyl (C=O) groups is 2. The van der Waals surface area contributed by atoms with Crippen LogP contribution < -0.4 is 49.4 Å². The van der Waals surface area contributed by atoms with Crippen LogP contribution in [0.1, 0.15) is 85.3 Å². The van der Waals surface area contributed by atoms with Crippen LogP contribution in [0.15, 0.2) is 92.7 Å². The van der Waals surface area contributed by atoms with Crippen molar-refractivity contribution in [2.24, 2.45) is 0 Å². The molecule has 6 aromatic rings. The molecule has 2 N–H and O–H groups in total. The third-order valence-corrected chi connectivity index (χ3v) is 12.3. The zero-order chi connectivity index (χ0) is 49.7. The standard InChI is InChI=1S/C27H30N2O7.C26H29N3O7/c1-2-31-27(30)15-20(19-5-7-24-25(14-19)35-17-34-24)13-21-16-26(29-36-21)33-11-8-18-4-6-23-22(12-18)28-9-3-10-32-23;1-2-32-25(31)14-18(17-4-6-21-23(13-17)35-16-34-21)12-20-15-24(30)29(36-20)10-8-19-5-7-22-26(28-19)27-9-3-11-33-22/h4-7,12,14,16,20,28H,2-3,8-11,13,15,17H2,1H3;4-7,13,15,18H,2-3,8-12,14,16H2,1H3,(H,27,28). The number of fused-ring (bicyclic) bond motifs is 4. The number of carbonyl (C=O) groups excluding carboxylic acids is 2. The van der Waals surface area contributed by atoms with Gasteiger partial charge >= 0.3 is 11.9 Å². The Kier molecular flexibility index (Phi) is 16.3. The van der Waals surface area contributed by atoms with Crippen molar-refractivity contribution in [2.45, 2.75) is 83.6 Å². The number of nitrogens with one attached hydrogen (secondary N) is 2. The SMILES string of the molecule is CCOC(=O)CC(Cc1cc(=O)n(CCc2ccc3c(n2)NCCCO3)o1)c1ccc2c(c1)OCO2.CCOC(=O)CC(Cc1cc(OCCc2ccc3c(c2)NCCCO3)no1)c1ccc2c(c1)OCO2. The smallest absolute Gasteiger partial charge is 0.306 e. The van der Waals surface area contributed by atoms with Gasteiger partial charge in [0.2, 0.25) is 13.6 Å². The van der Waals surface area contributed by atoms with Crippen LogP contribution in [0.5, 0.6) is 40.4 Å². The first-order valence-electron chi connectivity index (χ1n) is 24.5. The van der Waals surface area contributed by atoms with Gasteiger partial charge in [0.05, 0.1) is 58.1 Å². The lowest BCUT2D eigenvalue weighted by Crippen LogP contribution is -2.15. The summed E-state index contributed by atoms with van der Waals surface area (Å²) in [5.41, 5.74) is 4.58. The van der Waals surface area contributed by atoms with Gasteiger partial charge in [-0.3, -0.25) is 14.4 Å². The summed E-state index contributed by atoms with van der Waals surface area (Å²) >= 11 is 0. The summed E-state index contributed by atoms with van der Waals surface area (Å²) in [6.07, 6.45) is 4.33. The molecular weight excluding hydrogens is 931 g/mol. The Morgan fingerprint density at radius 3 is 1.99 bits per heavy atom. The molecule has 19 heteroatoms. The predicted octanol–water partition coefficient (Wildman–Crippen LogP) is 7.78. The van der Waals surface area contributed by atoms with Crippen molar-refractivity contribution in [1.29, 1.82) is 0 Å². The van der Waals surface area contributed by atoms with Gasteiger partial charge in [-0.15, -0.1) is 0 Å². The number of esters is 2. The molecule has 3 aromatic heterocycles. The van der Waals surface area contributed by atoms with E-state index in [4.69, 9.17) is 51.7 Å². The normalized spacial score (nSPS) is 14.8. The maximum Gasteiger partial charge on any atom is 0.306 e. The van der Waals surface area contributed by atoms with E-state index in [9.17, 15) is 14.4 Å². The van der Waals surface area contributed by atoms with Crippen LogP contribution in [-0.2, 0) is 51.3 Å². The molecule has 4 aliphatic rings. The molecule has 3 aromatic carbocycles. The van der Waals surface area contributed by atoms with Gasteiger partial charge in [0.1, 0.15) is 17.3 Å². The Morgan fingerprint density at radius 2 is 1.29 bits per heavy atom. The number of aryl methyl sites for hydroxylation is 2. The van der Waals surface area contributed by atoms with Crippen molar-refractivity contribution in [3.63, 3.8) is 0 Å². The van der Waals surface area contributed by atoms with E-state index in [1.54, 1.807) is 19.9 Å². The zero-order valence-electron chi connectivity index (χ0n) is 40.4. The van der Waals surface area contributed by atoms with E-state index in [0.717, 1.165) is 84.3 Å². The fraction of sp³-hybridized carbons (Fsp3) is 0.415. The molecule has 2 unspecified atom stereocenters. The minimum absolute atomic E-state index is 0.149. The van der Waals surface area contributed by atoms with E-state index in [1.165, 1.54) is 10.8 Å². The average Bonchev–Trinajstić information content (AvgIpc) is 4.16. The van der Waals surface area contributed by atoms with Crippen LogP contribution in [-0.4, -0.2) is 86.5 Å². The molecule has 19 nitrogen and oxygen atoms in total. The quantitative estimate of drug-likeness (QED) is 0.0741. The highest BCUT2D eigenvalue weighted by Gasteiger charge is 2.26. The van der Waals surface area contributed by atoms with Crippen molar-refractivity contribution in [3.8, 4) is 40.4 Å². The lowest BCUT2D eigenvalue weighted by Gasteiger charge is -2.16. The van der Waals surface area contributed by atoms with E-state index < -0.39 is 0 Å². The number of rotatable bonds is 19. The van der Waals surface area contributed by atoms with Gasteiger partial charge in [0.25, 0.3) is 11.4 Å². The first kappa shape index (κ1) is 49.2. The van der Waals surface area contributed by atoms with E-state index in [0.29, 0.717) is 92.6 Å². The molecule has 380 valence electrons. The second-order valence-electron chi connectivity index (χ2n) is 17.4. The number of pyridine rings is 1. The summed E-state index contributed by atoms with van der Waals surface area (Å²) in [6.45, 7) is 8.47. The first-order chi connectivity index (χ1) is 35.3. The largest absolute Gasteiger partial charge is 0.491 e. The van der Waals surface area contributed by atoms with Gasteiger partial charge in [0.15, 0.2) is 34.6 Å². The van der Waals surface area contributed by atoms with Crippen LogP contribution in [0.2, 0.25) is 0 Å². The van der Waals surface area contributed by atoms with Crippen LogP contribution in [0.4, 0.5) is 11.5 Å². The van der Waals surface area contributed by atoms with Crippen LogP contribution in [0, 0.1) is 0 Å². The Hall–Kier alpha value is -7.83. The summed E-state index contributed by atoms with van der Waals surface area (Å²) in [5, 5.41) is 10.7. The number of hydrogen-bond donors (Lipinski definition) is 2. The molecule has 2 atom stereocenters. The number of benzene rings is 3. The molecule has 0 saturated heterocycles. The van der Waals surface area contributed by atoms with Crippen molar-refractivity contribution in [1.82, 2.24) is 14.9 Å². The number of anilines is 2. The highest BCUT2D eigenvalue weighted by molar-refractivity contribution is 5.71. The second-order valence-corrected chi connectivity index (χ2v) is 17.4. The van der Waals surface area contributed by atoms with Crippen molar-refractivity contribution < 1.29 is 61.3 Å². The molecule has 0 radical (unpaired) electrons. The van der Waals surface area contributed by atoms with E-state index in [-0.39, 0.29) is 55.8 Å². The first-order valence-corrected chi connectivity index (χ1v) is 24.5. The fourth-order valence-electron chi connectivity index (χ4n) is 8.70. The van der Waals surface area contributed by atoms with Gasteiger partial charge in [-0.25, -0.2) is 4.98 Å². The molecule has 0 aliphatic carbocycles. The average molecular weight is 990 g/mol. The summed E-state index contributed by atoms with van der Waals surface area (Å²) in [6, 6.07) is 24.5. The highest BCUT2D eigenvalue weighted by Crippen LogP contribution is 2.38. The molecule has 10 rings (SSSR count). The maximum absolute atomic E-state index is 12.6. The van der Waals surface area contributed by atoms with Gasteiger partial charge < -0.3 is 62.3 Å². The molecule has 7 heterocycles. The number of aromatic nitrogens is 3. The molecule has 4 aliphatic heterocycles. The Labute approximate surface area is 415 Å². The third kappa shape index (κ3) is 12.9. The van der Waals surface area contributed by atoms with Crippen molar-refractivity contribution >= 4 is 23.4 Å². The fourth-order valence-corrected chi connectivity index (χ4v) is 8.70. The summed E-state index contributed by atoms with van der Waals surface area (Å²) in [5.74, 6) is 5.56. The summed E-state index contributed by atoms with van der Waals surface area (Å²) in [7, 11) is 0. The minimum Gasteiger partial charge on any atom is -0.491 e. The van der Waals surface area contributed by atoms with Crippen molar-refractivity contribution in [3.05, 3.63) is 123 Å². The van der Waals surface area contributed by atoms with Gasteiger partial charge in [-0.2, -0.15) is 4.74 Å². The van der Waals surface area contributed by atoms with Crippen LogP contribution in [0.3, 0.4) is 0 Å². The van der Waals surface area contributed by atoms with Gasteiger partial charge in [-0.05, 0) is 97.1 Å². The van der Waals surface area contributed by atoms with Crippen LogP contribution in [0.25, 0.3) is 0 Å². The second kappa shape index (κ2) is 23.9. The maximum atomic E-state index is 12.6. The summed E-state index contributed by atoms with van der Waals surface area (Å²) < 4.78 is 62.2. The number of ether oxygens (including phenoxy) is 9. The van der Waals surface area contributed by atoms with Crippen LogP contribution >= 0.6 is 0 Å². The summed E-state index contributed by atoms with van der Waals surface area (Å²) in [4.78, 5) is 41.8. The molecule has 0 bridgehead atoms. The van der Waals surface area contributed by atoms with E-state index in [2.05, 4.69) is 32.9 Å². The topological polar surface area (TPSA) is 215 Å². The molecule has 72 heavy (non-hydrogen) atoms. The lowest BCUT2D eigenvalue weighted by molar-refractivity contribution is -0.144. The predicted molar refractivity (Wildman–Crippen MR) is 261 cm³/mol. The van der Waals surface area contributed by atoms with E-state index >= 15 is 0 Å². The Balaban J connectivity index is 0.000000178. The molecule has 0 spiro atoms. The number of hydrogen-bond acceptors (Lipinski definition) is 18. The van der Waals surface area contributed by atoms with Gasteiger partial charge in [-0.1, -0.05) is 18.2 Å². The molecular formula is C53H59N5O14. The Morgan fingerprint density at radius 1 is 0.667 bits per heavy atom. The van der Waals surface area contributed by atoms with Gasteiger partial charge in [0, 0.05) is 68.4 Å². The zero-order valence-corrected chi connectivity index (χ0v) is 40.4. The van der Waals surface area contributed by atoms with E-state index in [1.807, 2.05) is 54.6 Å².